The van der Waals surface area contributed by atoms with Gasteiger partial charge >= 0.3 is 0 Å². The van der Waals surface area contributed by atoms with E-state index in [1.54, 1.807) is 0 Å². The molecule has 0 spiro atoms. The predicted molar refractivity (Wildman–Crippen MR) is 104 cm³/mol. The van der Waals surface area contributed by atoms with E-state index in [9.17, 15) is 0 Å². The second kappa shape index (κ2) is 98.7. The third-order valence-corrected chi connectivity index (χ3v) is 0.775. The Bertz CT molecular complexity index is 91.2. The number of nitrogens with two attached hydrogens (primary N) is 6. The first kappa shape index (κ1) is 50.3. The summed E-state index contributed by atoms with van der Waals surface area (Å²) >= 11 is 0. The summed E-state index contributed by atoms with van der Waals surface area (Å²) in [5.74, 6) is 0. The first-order valence-electron chi connectivity index (χ1n) is 7.35. The molecule has 0 atom stereocenters. The van der Waals surface area contributed by atoms with Crippen molar-refractivity contribution >= 4 is 12.4 Å². The van der Waals surface area contributed by atoms with Crippen LogP contribution in [0.1, 0.15) is 0 Å². The number of hydrogen-bond donors (Lipinski definition) is 12. The van der Waals surface area contributed by atoms with Gasteiger partial charge in [-0.25, -0.2) is 0 Å². The summed E-state index contributed by atoms with van der Waals surface area (Å²) in [4.78, 5) is 0. The second-order valence-corrected chi connectivity index (χ2v) is 3.07. The van der Waals surface area contributed by atoms with Gasteiger partial charge in [0.1, 0.15) is 0 Å². The molecule has 0 aliphatic carbocycles. The fourth-order valence-corrected chi connectivity index (χ4v) is 0. The summed E-state index contributed by atoms with van der Waals surface area (Å²) in [6, 6.07) is 0. The van der Waals surface area contributed by atoms with E-state index < -0.39 is 0 Å². The molecule has 0 aromatic rings. The van der Waals surface area contributed by atoms with Gasteiger partial charge in [-0.05, 0) is 0 Å². The molecule has 0 rings (SSSR count). The fraction of sp³-hybridized carbons (Fsp3) is 1.00. The summed E-state index contributed by atoms with van der Waals surface area (Å²) in [6.45, 7) is 2.83. The zero-order valence-electron chi connectivity index (χ0n) is 15.4. The molecule has 0 unspecified atom stereocenters. The molecule has 173 valence electrons. The molecule has 0 heterocycles. The van der Waals surface area contributed by atoms with Crippen LogP contribution in [-0.2, 0) is 16.8 Å². The summed E-state index contributed by atoms with van der Waals surface area (Å²) < 4.78 is 0. The molecule has 18 N–H and O–H groups in total. The Morgan fingerprint density at radius 1 is 0.346 bits per heavy atom. The van der Waals surface area contributed by atoms with Gasteiger partial charge in [-0.1, -0.05) is 0 Å². The van der Waals surface area contributed by atoms with Crippen LogP contribution in [0.4, 0.5) is 0 Å². The van der Waals surface area contributed by atoms with Gasteiger partial charge < -0.3 is 65.0 Å². The number of hydrogen-bond acceptors (Lipinski definition) is 12. The van der Waals surface area contributed by atoms with E-state index in [0.717, 1.165) is 0 Å². The van der Waals surface area contributed by atoms with Crippen LogP contribution >= 0.6 is 12.4 Å². The van der Waals surface area contributed by atoms with Gasteiger partial charge in [-0.3, -0.25) is 0 Å². The molecule has 0 aliphatic heterocycles. The van der Waals surface area contributed by atoms with E-state index in [1.165, 1.54) is 0 Å². The van der Waals surface area contributed by atoms with Gasteiger partial charge in [-0.2, -0.15) is 0 Å². The van der Waals surface area contributed by atoms with Crippen molar-refractivity contribution in [3.05, 3.63) is 0 Å². The first-order chi connectivity index (χ1) is 11.5. The predicted octanol–water partition coefficient (Wildman–Crippen LogP) is -5.96. The third kappa shape index (κ3) is 331. The molecule has 12 nitrogen and oxygen atoms in total. The van der Waals surface area contributed by atoms with Crippen molar-refractivity contribution in [1.82, 2.24) is 0 Å². The fourth-order valence-electron chi connectivity index (χ4n) is 0. The van der Waals surface area contributed by atoms with Gasteiger partial charge in [0.2, 0.25) is 0 Å². The van der Waals surface area contributed by atoms with Gasteiger partial charge in [0.25, 0.3) is 0 Å². The Labute approximate surface area is 173 Å². The van der Waals surface area contributed by atoms with Crippen molar-refractivity contribution in [2.45, 2.75) is 0 Å². The monoisotopic (exact) mass is 461 g/mol. The number of rotatable bonds is 6. The Kier molecular flexibility index (Phi) is 191. The van der Waals surface area contributed by atoms with Crippen molar-refractivity contribution < 1.29 is 47.4 Å². The Morgan fingerprint density at radius 2 is 0.385 bits per heavy atom. The van der Waals surface area contributed by atoms with Crippen LogP contribution in [0, 0.1) is 0 Å². The van der Waals surface area contributed by atoms with E-state index >= 15 is 0 Å². The Hall–Kier alpha value is 0.316. The third-order valence-electron chi connectivity index (χ3n) is 0.775. The number of aliphatic hydroxyl groups excluding tert-OH is 6. The molecule has 0 saturated carbocycles. The zero-order chi connectivity index (χ0) is 20.5. The maximum absolute atomic E-state index is 7.75. The average Bonchev–Trinajstić information content (AvgIpc) is 2.68. The molecule has 26 heavy (non-hydrogen) atoms. The van der Waals surface area contributed by atoms with Gasteiger partial charge in [-0.15, -0.1) is 12.4 Å². The molecule has 0 bridgehead atoms. The van der Waals surface area contributed by atoms with Gasteiger partial charge in [0.15, 0.2) is 0 Å². The maximum atomic E-state index is 7.75. The molecule has 0 aromatic carbocycles. The molecule has 0 saturated heterocycles. The summed E-state index contributed by atoms with van der Waals surface area (Å²) in [6.07, 6.45) is 0. The minimum atomic E-state index is 0. The van der Waals surface area contributed by atoms with E-state index in [0.29, 0.717) is 39.3 Å². The molecule has 1 radical (unpaired) electrons. The van der Waals surface area contributed by atoms with Gasteiger partial charge in [0, 0.05) is 56.0 Å². The summed E-state index contributed by atoms with van der Waals surface area (Å²) in [5, 5.41) is 46.5. The first-order valence-corrected chi connectivity index (χ1v) is 7.35. The Morgan fingerprint density at radius 3 is 0.385 bits per heavy atom. The molecular weight excluding hydrogens is 419 g/mol. The maximum Gasteiger partial charge on any atom is 0.0553 e. The second-order valence-electron chi connectivity index (χ2n) is 3.07. The SMILES string of the molecule is Cl.NCCO.NCCO.NCCO.NCCO.NCCO.NCCO.[Co]. The van der Waals surface area contributed by atoms with Crippen molar-refractivity contribution in [2.24, 2.45) is 34.4 Å². The van der Waals surface area contributed by atoms with E-state index in [2.05, 4.69) is 0 Å². The van der Waals surface area contributed by atoms with Crippen LogP contribution < -0.4 is 34.4 Å². The van der Waals surface area contributed by atoms with Crippen molar-refractivity contribution in [3.8, 4) is 0 Å². The zero-order valence-corrected chi connectivity index (χ0v) is 17.2. The molecule has 0 amide bonds. The van der Waals surface area contributed by atoms with Crippen LogP contribution in [0.25, 0.3) is 0 Å². The van der Waals surface area contributed by atoms with Crippen LogP contribution in [0.15, 0.2) is 0 Å². The van der Waals surface area contributed by atoms with Crippen molar-refractivity contribution in [1.29, 1.82) is 0 Å². The molecule has 0 aliphatic rings. The standard InChI is InChI=1S/6C2H7NO.ClH.Co/c6*3-1-2-4;;/h6*4H,1-3H2;1H;. The summed E-state index contributed by atoms with van der Waals surface area (Å²) in [7, 11) is 0. The van der Waals surface area contributed by atoms with Crippen molar-refractivity contribution in [2.75, 3.05) is 78.9 Å². The minimum absolute atomic E-state index is 0. The quantitative estimate of drug-likeness (QED) is 0.176. The summed E-state index contributed by atoms with van der Waals surface area (Å²) in [5.41, 5.74) is 28.7. The largest absolute Gasteiger partial charge is 0.395 e. The topological polar surface area (TPSA) is 278 Å². The average molecular weight is 462 g/mol. The molecule has 0 fully saturated rings. The number of halogens is 1. The van der Waals surface area contributed by atoms with Crippen LogP contribution in [0.2, 0.25) is 0 Å². The number of aliphatic hydroxyl groups is 6. The smallest absolute Gasteiger partial charge is 0.0553 e. The Balaban J connectivity index is -0.0000000245. The van der Waals surface area contributed by atoms with Crippen LogP contribution in [0.5, 0.6) is 0 Å². The normalized spacial score (nSPS) is 6.92. The molecule has 0 aromatic heterocycles. The van der Waals surface area contributed by atoms with E-state index in [4.69, 9.17) is 65.0 Å². The molecule has 14 heteroatoms. The van der Waals surface area contributed by atoms with Gasteiger partial charge in [0.05, 0.1) is 39.6 Å². The van der Waals surface area contributed by atoms with E-state index in [1.807, 2.05) is 0 Å². The van der Waals surface area contributed by atoms with E-state index in [-0.39, 0.29) is 68.8 Å². The van der Waals surface area contributed by atoms with Crippen LogP contribution in [-0.4, -0.2) is 110 Å². The molecular formula is C12H43ClCoN6O6. The van der Waals surface area contributed by atoms with Crippen molar-refractivity contribution in [3.63, 3.8) is 0 Å². The van der Waals surface area contributed by atoms with Crippen LogP contribution in [0.3, 0.4) is 0 Å². The minimum Gasteiger partial charge on any atom is -0.395 e.